The van der Waals surface area contributed by atoms with Gasteiger partial charge in [-0.25, -0.2) is 0 Å². The lowest BCUT2D eigenvalue weighted by Gasteiger charge is -2.25. The molecule has 0 aliphatic rings. The molecule has 0 bridgehead atoms. The summed E-state index contributed by atoms with van der Waals surface area (Å²) < 4.78 is 6.30. The number of hydrogen-bond donors (Lipinski definition) is 0. The Hall–Kier alpha value is -4.04. The van der Waals surface area contributed by atoms with Crippen LogP contribution in [0.25, 0.3) is 32.7 Å². The fraction of sp³-hybridized carbons (Fsp3) is 0. The third kappa shape index (κ3) is 2.66. The Morgan fingerprint density at radius 3 is 1.87 bits per heavy atom. The van der Waals surface area contributed by atoms with Crippen LogP contribution in [-0.2, 0) is 0 Å². The van der Waals surface area contributed by atoms with Crippen LogP contribution in [0.2, 0.25) is 0 Å². The molecular weight excluding hydrogens is 366 g/mol. The van der Waals surface area contributed by atoms with Crippen LogP contribution in [0, 0.1) is 0 Å². The summed E-state index contributed by atoms with van der Waals surface area (Å²) in [5, 5.41) is 4.78. The second-order valence-electron chi connectivity index (χ2n) is 7.45. The number of fused-ring (bicyclic) bond motifs is 5. The molecule has 0 saturated heterocycles. The maximum Gasteiger partial charge on any atom is 0.137 e. The van der Waals surface area contributed by atoms with Crippen LogP contribution in [0.1, 0.15) is 0 Å². The summed E-state index contributed by atoms with van der Waals surface area (Å²) in [4.78, 5) is 2.25. The summed E-state index contributed by atoms with van der Waals surface area (Å²) in [7, 11) is 0. The van der Waals surface area contributed by atoms with E-state index in [0.717, 1.165) is 33.6 Å². The topological polar surface area (TPSA) is 16.4 Å². The smallest absolute Gasteiger partial charge is 0.137 e. The molecule has 0 aliphatic heterocycles. The Balaban J connectivity index is 1.59. The van der Waals surface area contributed by atoms with Gasteiger partial charge >= 0.3 is 0 Å². The lowest BCUT2D eigenvalue weighted by atomic mass is 10.0. The van der Waals surface area contributed by atoms with E-state index in [1.165, 1.54) is 16.2 Å². The van der Waals surface area contributed by atoms with Crippen molar-refractivity contribution in [1.82, 2.24) is 0 Å². The van der Waals surface area contributed by atoms with Gasteiger partial charge in [0.1, 0.15) is 11.2 Å². The molecule has 0 amide bonds. The Morgan fingerprint density at radius 2 is 1.13 bits per heavy atom. The molecule has 1 heterocycles. The molecule has 0 aliphatic carbocycles. The minimum atomic E-state index is 0.899. The van der Waals surface area contributed by atoms with Crippen molar-refractivity contribution in [3.05, 3.63) is 115 Å². The minimum absolute atomic E-state index is 0.899. The van der Waals surface area contributed by atoms with Crippen molar-refractivity contribution in [2.24, 2.45) is 0 Å². The fourth-order valence-corrected chi connectivity index (χ4v) is 4.28. The van der Waals surface area contributed by atoms with Gasteiger partial charge in [-0.15, -0.1) is 0 Å². The highest BCUT2D eigenvalue weighted by Crippen LogP contribution is 2.39. The first-order valence-electron chi connectivity index (χ1n) is 10.1. The van der Waals surface area contributed by atoms with Gasteiger partial charge in [-0.1, -0.05) is 66.7 Å². The van der Waals surface area contributed by atoms with Crippen LogP contribution in [0.4, 0.5) is 17.1 Å². The summed E-state index contributed by atoms with van der Waals surface area (Å²) in [5.74, 6) is 0. The highest BCUT2D eigenvalue weighted by Gasteiger charge is 2.15. The van der Waals surface area contributed by atoms with Gasteiger partial charge in [0.15, 0.2) is 0 Å². The largest absolute Gasteiger partial charge is 0.456 e. The Morgan fingerprint density at radius 1 is 0.467 bits per heavy atom. The first-order valence-corrected chi connectivity index (χ1v) is 10.1. The van der Waals surface area contributed by atoms with Crippen LogP contribution in [-0.4, -0.2) is 0 Å². The number of hydrogen-bond acceptors (Lipinski definition) is 2. The molecule has 0 N–H and O–H groups in total. The zero-order chi connectivity index (χ0) is 19.9. The normalized spacial score (nSPS) is 11.3. The van der Waals surface area contributed by atoms with Crippen molar-refractivity contribution in [3.63, 3.8) is 0 Å². The third-order valence-electron chi connectivity index (χ3n) is 5.63. The van der Waals surface area contributed by atoms with Gasteiger partial charge in [-0.3, -0.25) is 0 Å². The van der Waals surface area contributed by atoms with Gasteiger partial charge in [0.2, 0.25) is 0 Å². The van der Waals surface area contributed by atoms with Gasteiger partial charge < -0.3 is 9.32 Å². The summed E-state index contributed by atoms with van der Waals surface area (Å²) in [5.41, 5.74) is 5.13. The average Bonchev–Trinajstić information content (AvgIpc) is 3.19. The van der Waals surface area contributed by atoms with Crippen LogP contribution in [0.15, 0.2) is 120 Å². The zero-order valence-electron chi connectivity index (χ0n) is 16.3. The highest BCUT2D eigenvalue weighted by atomic mass is 16.3. The Kier molecular flexibility index (Phi) is 3.82. The first-order chi connectivity index (χ1) is 14.9. The van der Waals surface area contributed by atoms with Crippen LogP contribution in [0.3, 0.4) is 0 Å². The molecule has 6 aromatic rings. The van der Waals surface area contributed by atoms with E-state index in [1.807, 2.05) is 12.1 Å². The van der Waals surface area contributed by atoms with Crippen molar-refractivity contribution in [2.45, 2.75) is 0 Å². The summed E-state index contributed by atoms with van der Waals surface area (Å²) in [6, 6.07) is 40.0. The number of para-hydroxylation sites is 2. The quantitative estimate of drug-likeness (QED) is 0.305. The molecular formula is C28H19NO. The molecule has 0 saturated carbocycles. The molecule has 142 valence electrons. The molecule has 0 spiro atoms. The fourth-order valence-electron chi connectivity index (χ4n) is 4.28. The van der Waals surface area contributed by atoms with Gasteiger partial charge in [0, 0.05) is 33.9 Å². The lowest BCUT2D eigenvalue weighted by Crippen LogP contribution is -2.09. The Labute approximate surface area is 174 Å². The molecule has 6 rings (SSSR count). The molecule has 0 radical (unpaired) electrons. The van der Waals surface area contributed by atoms with Gasteiger partial charge in [-0.2, -0.15) is 0 Å². The van der Waals surface area contributed by atoms with Gasteiger partial charge in [-0.05, 0) is 53.2 Å². The third-order valence-corrected chi connectivity index (χ3v) is 5.63. The molecule has 30 heavy (non-hydrogen) atoms. The number of rotatable bonds is 3. The van der Waals surface area contributed by atoms with E-state index in [9.17, 15) is 0 Å². The summed E-state index contributed by atoms with van der Waals surface area (Å²) >= 11 is 0. The maximum atomic E-state index is 6.30. The second-order valence-corrected chi connectivity index (χ2v) is 7.45. The van der Waals surface area contributed by atoms with E-state index in [-0.39, 0.29) is 0 Å². The lowest BCUT2D eigenvalue weighted by molar-refractivity contribution is 0.669. The molecule has 0 atom stereocenters. The van der Waals surface area contributed by atoms with Gasteiger partial charge in [0.25, 0.3) is 0 Å². The van der Waals surface area contributed by atoms with E-state index in [2.05, 4.69) is 108 Å². The molecule has 5 aromatic carbocycles. The maximum absolute atomic E-state index is 6.30. The standard InChI is InChI=1S/C28H19NO/c1-3-10-21(11-4-1)29(22-12-5-2-6-13-22)23-16-17-25-27(19-23)30-26-18-15-20-9-7-8-14-24(20)28(25)26/h1-19H. The van der Waals surface area contributed by atoms with Crippen molar-refractivity contribution in [2.75, 3.05) is 4.90 Å². The molecule has 1 aromatic heterocycles. The molecule has 2 nitrogen and oxygen atoms in total. The van der Waals surface area contributed by atoms with E-state index in [4.69, 9.17) is 4.42 Å². The molecule has 0 unspecified atom stereocenters. The van der Waals surface area contributed by atoms with Crippen molar-refractivity contribution in [3.8, 4) is 0 Å². The predicted molar refractivity (Wildman–Crippen MR) is 126 cm³/mol. The number of benzene rings is 5. The molecule has 2 heteroatoms. The Bertz CT molecular complexity index is 1440. The van der Waals surface area contributed by atoms with E-state index in [1.54, 1.807) is 0 Å². The van der Waals surface area contributed by atoms with Crippen LogP contribution >= 0.6 is 0 Å². The van der Waals surface area contributed by atoms with E-state index < -0.39 is 0 Å². The van der Waals surface area contributed by atoms with Gasteiger partial charge in [0.05, 0.1) is 0 Å². The first kappa shape index (κ1) is 16.9. The van der Waals surface area contributed by atoms with E-state index >= 15 is 0 Å². The minimum Gasteiger partial charge on any atom is -0.456 e. The highest BCUT2D eigenvalue weighted by molar-refractivity contribution is 6.19. The number of nitrogens with zero attached hydrogens (tertiary/aromatic N) is 1. The predicted octanol–water partition coefficient (Wildman–Crippen LogP) is 8.21. The van der Waals surface area contributed by atoms with Crippen molar-refractivity contribution >= 4 is 49.8 Å². The average molecular weight is 385 g/mol. The number of furan rings is 1. The SMILES string of the molecule is c1ccc(N(c2ccccc2)c2ccc3c(c2)oc2ccc4ccccc4c23)cc1. The summed E-state index contributed by atoms with van der Waals surface area (Å²) in [6.07, 6.45) is 0. The number of anilines is 3. The van der Waals surface area contributed by atoms with E-state index in [0.29, 0.717) is 0 Å². The second kappa shape index (κ2) is 6.78. The monoisotopic (exact) mass is 385 g/mol. The van der Waals surface area contributed by atoms with Crippen molar-refractivity contribution < 1.29 is 4.42 Å². The van der Waals surface area contributed by atoms with Crippen LogP contribution < -0.4 is 4.90 Å². The van der Waals surface area contributed by atoms with Crippen LogP contribution in [0.5, 0.6) is 0 Å². The molecule has 0 fully saturated rings. The van der Waals surface area contributed by atoms with Crippen molar-refractivity contribution in [1.29, 1.82) is 0 Å². The summed E-state index contributed by atoms with van der Waals surface area (Å²) in [6.45, 7) is 0. The zero-order valence-corrected chi connectivity index (χ0v) is 16.3.